The highest BCUT2D eigenvalue weighted by atomic mass is 16.2. The standard InChI is InChI=1S/C15H29N3O3.3H2/c1-7-9(3)16-11(5)14(20)18-12(6)15(21)17-10(4)13(19)8-2;;;/h9-12,16H,7-8H2,1-6H3,(H,17,21)(H,18,20);3*1H/t9?,10-,11-,12-;;;/m0.../s1. The molecule has 0 aliphatic carbocycles. The van der Waals surface area contributed by atoms with E-state index in [-0.39, 0.29) is 34.0 Å². The van der Waals surface area contributed by atoms with Crippen LogP contribution in [0.1, 0.15) is 58.7 Å². The number of hydrogen-bond acceptors (Lipinski definition) is 4. The van der Waals surface area contributed by atoms with E-state index < -0.39 is 12.1 Å². The van der Waals surface area contributed by atoms with Gasteiger partial charge in [0.05, 0.1) is 12.1 Å². The highest BCUT2D eigenvalue weighted by molar-refractivity contribution is 5.93. The SMILES string of the molecule is CCC(=O)[C@H](C)NC(=O)[C@H](C)NC(=O)[C@H](C)NC(C)CC.[HH].[HH].[HH]. The Morgan fingerprint density at radius 2 is 1.33 bits per heavy atom. The second-order valence-electron chi connectivity index (χ2n) is 5.48. The molecule has 0 spiro atoms. The van der Waals surface area contributed by atoms with Crippen molar-refractivity contribution < 1.29 is 18.7 Å². The molecule has 1 unspecified atom stereocenters. The quantitative estimate of drug-likeness (QED) is 0.602. The molecule has 0 aromatic rings. The van der Waals surface area contributed by atoms with Crippen LogP contribution in [0.15, 0.2) is 0 Å². The van der Waals surface area contributed by atoms with Gasteiger partial charge in [-0.2, -0.15) is 0 Å². The number of carbonyl (C=O) groups excluding carboxylic acids is 3. The molecule has 0 radical (unpaired) electrons. The fraction of sp³-hybridized carbons (Fsp3) is 0.800. The maximum absolute atomic E-state index is 12.0. The zero-order chi connectivity index (χ0) is 16.6. The van der Waals surface area contributed by atoms with Crippen LogP contribution in [0, 0.1) is 0 Å². The molecule has 0 bridgehead atoms. The molecule has 4 atom stereocenters. The van der Waals surface area contributed by atoms with Crippen LogP contribution in [0.3, 0.4) is 0 Å². The van der Waals surface area contributed by atoms with E-state index in [0.717, 1.165) is 6.42 Å². The molecule has 6 nitrogen and oxygen atoms in total. The Bertz CT molecular complexity index is 384. The zero-order valence-corrected chi connectivity index (χ0v) is 13.9. The fourth-order valence-corrected chi connectivity index (χ4v) is 1.75. The summed E-state index contributed by atoms with van der Waals surface area (Å²) in [6.45, 7) is 10.8. The Balaban J connectivity index is -0.000000667. The summed E-state index contributed by atoms with van der Waals surface area (Å²) in [6.07, 6.45) is 1.29. The second-order valence-corrected chi connectivity index (χ2v) is 5.48. The highest BCUT2D eigenvalue weighted by Gasteiger charge is 2.22. The van der Waals surface area contributed by atoms with Gasteiger partial charge < -0.3 is 16.0 Å². The summed E-state index contributed by atoms with van der Waals surface area (Å²) >= 11 is 0. The lowest BCUT2D eigenvalue weighted by Crippen LogP contribution is -2.53. The lowest BCUT2D eigenvalue weighted by Gasteiger charge is -2.22. The van der Waals surface area contributed by atoms with Gasteiger partial charge in [-0.1, -0.05) is 13.8 Å². The lowest BCUT2D eigenvalue weighted by molar-refractivity contribution is -0.131. The van der Waals surface area contributed by atoms with Crippen LogP contribution in [0.2, 0.25) is 0 Å². The van der Waals surface area contributed by atoms with Gasteiger partial charge in [0, 0.05) is 16.7 Å². The monoisotopic (exact) mass is 305 g/mol. The molecule has 0 fully saturated rings. The first-order chi connectivity index (χ1) is 9.72. The smallest absolute Gasteiger partial charge is 0.242 e. The summed E-state index contributed by atoms with van der Waals surface area (Å²) in [7, 11) is 0. The molecule has 3 N–H and O–H groups in total. The largest absolute Gasteiger partial charge is 0.345 e. The molecule has 0 heterocycles. The number of Topliss-reactive ketones (excluding diaryl/α,β-unsaturated/α-hetero) is 1. The Morgan fingerprint density at radius 3 is 1.81 bits per heavy atom. The Morgan fingerprint density at radius 1 is 0.857 bits per heavy atom. The van der Waals surface area contributed by atoms with Gasteiger partial charge in [-0.25, -0.2) is 0 Å². The van der Waals surface area contributed by atoms with Crippen molar-refractivity contribution in [3.05, 3.63) is 0 Å². The summed E-state index contributed by atoms with van der Waals surface area (Å²) in [5, 5.41) is 8.39. The summed E-state index contributed by atoms with van der Waals surface area (Å²) in [5.41, 5.74) is 0. The molecular weight excluding hydrogens is 270 g/mol. The number of amides is 2. The third-order valence-electron chi connectivity index (χ3n) is 3.48. The molecule has 6 heteroatoms. The van der Waals surface area contributed by atoms with E-state index >= 15 is 0 Å². The summed E-state index contributed by atoms with van der Waals surface area (Å²) < 4.78 is 0. The molecule has 128 valence electrons. The normalized spacial score (nSPS) is 16.5. The maximum Gasteiger partial charge on any atom is 0.242 e. The minimum Gasteiger partial charge on any atom is -0.345 e. The number of rotatable bonds is 9. The van der Waals surface area contributed by atoms with Crippen LogP contribution in [-0.2, 0) is 14.4 Å². The third kappa shape index (κ3) is 7.22. The van der Waals surface area contributed by atoms with Gasteiger partial charge in [0.15, 0.2) is 5.78 Å². The van der Waals surface area contributed by atoms with Crippen molar-refractivity contribution in [2.24, 2.45) is 0 Å². The number of hydrogen-bond donors (Lipinski definition) is 3. The molecule has 0 rings (SSSR count). The first kappa shape index (κ1) is 19.6. The summed E-state index contributed by atoms with van der Waals surface area (Å²) in [4.78, 5) is 35.3. The molecule has 0 aromatic heterocycles. The Hall–Kier alpha value is -1.43. The highest BCUT2D eigenvalue weighted by Crippen LogP contribution is 1.95. The average Bonchev–Trinajstić information content (AvgIpc) is 2.45. The van der Waals surface area contributed by atoms with Crippen molar-refractivity contribution in [1.82, 2.24) is 16.0 Å². The Labute approximate surface area is 131 Å². The summed E-state index contributed by atoms with van der Waals surface area (Å²) in [6, 6.07) is -1.34. The van der Waals surface area contributed by atoms with E-state index in [1.54, 1.807) is 27.7 Å². The molecule has 21 heavy (non-hydrogen) atoms. The topological polar surface area (TPSA) is 87.3 Å². The molecule has 0 aromatic carbocycles. The second kappa shape index (κ2) is 9.50. The predicted molar refractivity (Wildman–Crippen MR) is 89.2 cm³/mol. The summed E-state index contributed by atoms with van der Waals surface area (Å²) in [5.74, 6) is -0.616. The molecule has 0 saturated carbocycles. The molecule has 2 amide bonds. The number of ketones is 1. The van der Waals surface area contributed by atoms with Gasteiger partial charge in [-0.3, -0.25) is 14.4 Å². The van der Waals surface area contributed by atoms with E-state index in [4.69, 9.17) is 0 Å². The van der Waals surface area contributed by atoms with E-state index in [1.165, 1.54) is 0 Å². The number of nitrogens with one attached hydrogen (secondary N) is 3. The van der Waals surface area contributed by atoms with Crippen molar-refractivity contribution in [3.63, 3.8) is 0 Å². The van der Waals surface area contributed by atoms with Crippen LogP contribution in [0.5, 0.6) is 0 Å². The van der Waals surface area contributed by atoms with Crippen LogP contribution in [-0.4, -0.2) is 41.8 Å². The van der Waals surface area contributed by atoms with Crippen molar-refractivity contribution >= 4 is 17.6 Å². The zero-order valence-electron chi connectivity index (χ0n) is 13.9. The maximum atomic E-state index is 12.0. The van der Waals surface area contributed by atoms with Gasteiger partial charge in [0.2, 0.25) is 11.8 Å². The predicted octanol–water partition coefficient (Wildman–Crippen LogP) is 1.49. The van der Waals surface area contributed by atoms with E-state index in [2.05, 4.69) is 16.0 Å². The minimum absolute atomic E-state index is 0. The molecule has 0 saturated heterocycles. The molecule has 0 aliphatic rings. The molecular formula is C15H35N3O3. The van der Waals surface area contributed by atoms with Crippen LogP contribution in [0.25, 0.3) is 0 Å². The fourth-order valence-electron chi connectivity index (χ4n) is 1.75. The number of carbonyl (C=O) groups is 3. The lowest BCUT2D eigenvalue weighted by atomic mass is 10.1. The minimum atomic E-state index is -0.675. The molecule has 0 aliphatic heterocycles. The van der Waals surface area contributed by atoms with Crippen LogP contribution >= 0.6 is 0 Å². The van der Waals surface area contributed by atoms with E-state index in [9.17, 15) is 14.4 Å². The van der Waals surface area contributed by atoms with Gasteiger partial charge in [-0.15, -0.1) is 0 Å². The first-order valence-corrected chi connectivity index (χ1v) is 7.62. The first-order valence-electron chi connectivity index (χ1n) is 7.62. The van der Waals surface area contributed by atoms with Crippen molar-refractivity contribution in [1.29, 1.82) is 0 Å². The van der Waals surface area contributed by atoms with Gasteiger partial charge in [0.25, 0.3) is 0 Å². The van der Waals surface area contributed by atoms with E-state index in [1.807, 2.05) is 13.8 Å². The van der Waals surface area contributed by atoms with Gasteiger partial charge >= 0.3 is 0 Å². The third-order valence-corrected chi connectivity index (χ3v) is 3.48. The average molecular weight is 305 g/mol. The Kier molecular flexibility index (Phi) is 8.85. The van der Waals surface area contributed by atoms with Crippen molar-refractivity contribution in [3.8, 4) is 0 Å². The van der Waals surface area contributed by atoms with Crippen LogP contribution in [0.4, 0.5) is 0 Å². The van der Waals surface area contributed by atoms with E-state index in [0.29, 0.717) is 6.42 Å². The van der Waals surface area contributed by atoms with Crippen LogP contribution < -0.4 is 16.0 Å². The van der Waals surface area contributed by atoms with Gasteiger partial charge in [-0.05, 0) is 34.1 Å². The van der Waals surface area contributed by atoms with Crippen molar-refractivity contribution in [2.75, 3.05) is 0 Å². The van der Waals surface area contributed by atoms with Crippen molar-refractivity contribution in [2.45, 2.75) is 78.6 Å². The van der Waals surface area contributed by atoms with Gasteiger partial charge in [0.1, 0.15) is 6.04 Å².